The van der Waals surface area contributed by atoms with Crippen LogP contribution >= 0.6 is 0 Å². The predicted octanol–water partition coefficient (Wildman–Crippen LogP) is 2.65. The van der Waals surface area contributed by atoms with Gasteiger partial charge < -0.3 is 24.4 Å². The maximum atomic E-state index is 12.7. The highest BCUT2D eigenvalue weighted by atomic mass is 17.3. The first-order valence-corrected chi connectivity index (χ1v) is 13.7. The van der Waals surface area contributed by atoms with Crippen molar-refractivity contribution in [3.63, 3.8) is 0 Å². The SMILES string of the molecule is C[C@H]1[C@H](OC(=O)CCC(=O)NCCCN2CCCC2=O)O[C@@H]2O[C@@]3(C)CC[C@@H]4[C@H](C)CC[C@H]1[C@@]24OO3. The van der Waals surface area contributed by atoms with Gasteiger partial charge in [0.15, 0.2) is 11.9 Å². The van der Waals surface area contributed by atoms with E-state index in [4.69, 9.17) is 24.0 Å². The Morgan fingerprint density at radius 2 is 1.97 bits per heavy atom. The largest absolute Gasteiger partial charge is 0.435 e. The highest BCUT2D eigenvalue weighted by molar-refractivity contribution is 5.81. The van der Waals surface area contributed by atoms with E-state index in [2.05, 4.69) is 12.2 Å². The second kappa shape index (κ2) is 10.2. The van der Waals surface area contributed by atoms with E-state index >= 15 is 0 Å². The summed E-state index contributed by atoms with van der Waals surface area (Å²) in [6, 6.07) is 0. The number of hydrogen-bond acceptors (Lipinski definition) is 8. The van der Waals surface area contributed by atoms with Crippen molar-refractivity contribution in [1.82, 2.24) is 10.2 Å². The van der Waals surface area contributed by atoms with Gasteiger partial charge in [0.25, 0.3) is 0 Å². The third-order valence-electron chi connectivity index (χ3n) is 9.00. The molecule has 6 rings (SSSR count). The Balaban J connectivity index is 1.12. The molecule has 202 valence electrons. The molecular formula is C26H40N2O8. The van der Waals surface area contributed by atoms with Gasteiger partial charge in [-0.05, 0) is 50.9 Å². The van der Waals surface area contributed by atoms with Crippen LogP contribution in [0.15, 0.2) is 0 Å². The number of carbonyl (C=O) groups excluding carboxylic acids is 3. The lowest BCUT2D eigenvalue weighted by Crippen LogP contribution is -2.70. The van der Waals surface area contributed by atoms with Crippen LogP contribution in [-0.2, 0) is 38.4 Å². The molecule has 36 heavy (non-hydrogen) atoms. The van der Waals surface area contributed by atoms with Gasteiger partial charge in [0.1, 0.15) is 0 Å². The van der Waals surface area contributed by atoms with Crippen LogP contribution in [0, 0.1) is 23.7 Å². The number of nitrogens with one attached hydrogen (secondary N) is 1. The molecule has 1 spiro atoms. The molecule has 5 saturated heterocycles. The third kappa shape index (κ3) is 4.77. The first kappa shape index (κ1) is 25.9. The van der Waals surface area contributed by atoms with Crippen LogP contribution in [0.2, 0.25) is 0 Å². The van der Waals surface area contributed by atoms with E-state index in [1.165, 1.54) is 0 Å². The molecule has 2 amide bonds. The van der Waals surface area contributed by atoms with E-state index in [1.807, 2.05) is 18.7 Å². The Bertz CT molecular complexity index is 869. The van der Waals surface area contributed by atoms with Gasteiger partial charge in [0.05, 0.1) is 6.42 Å². The quantitative estimate of drug-likeness (QED) is 0.303. The van der Waals surface area contributed by atoms with Crippen LogP contribution in [-0.4, -0.2) is 66.3 Å². The summed E-state index contributed by atoms with van der Waals surface area (Å²) in [7, 11) is 0. The molecule has 0 radical (unpaired) electrons. The molecule has 0 aromatic carbocycles. The zero-order chi connectivity index (χ0) is 25.5. The van der Waals surface area contributed by atoms with Crippen LogP contribution in [0.25, 0.3) is 0 Å². The minimum absolute atomic E-state index is 0.0264. The van der Waals surface area contributed by atoms with E-state index in [1.54, 1.807) is 0 Å². The summed E-state index contributed by atoms with van der Waals surface area (Å²) in [5.74, 6) is -0.694. The summed E-state index contributed by atoms with van der Waals surface area (Å²) in [4.78, 5) is 50.2. The smallest absolute Gasteiger partial charge is 0.308 e. The van der Waals surface area contributed by atoms with Crippen molar-refractivity contribution >= 4 is 17.8 Å². The molecule has 0 aromatic rings. The minimum atomic E-state index is -0.882. The van der Waals surface area contributed by atoms with Gasteiger partial charge in [-0.2, -0.15) is 0 Å². The Hall–Kier alpha value is -1.75. The molecule has 10 heteroatoms. The number of nitrogens with zero attached hydrogens (tertiary/aromatic N) is 1. The fourth-order valence-corrected chi connectivity index (χ4v) is 6.94. The van der Waals surface area contributed by atoms with Gasteiger partial charge in [0, 0.05) is 50.7 Å². The van der Waals surface area contributed by atoms with Crippen molar-refractivity contribution in [2.45, 2.75) is 103 Å². The second-order valence-electron chi connectivity index (χ2n) is 11.5. The highest BCUT2D eigenvalue weighted by Gasteiger charge is 2.69. The molecule has 0 aromatic heterocycles. The monoisotopic (exact) mass is 508 g/mol. The number of fused-ring (bicyclic) bond motifs is 2. The lowest BCUT2D eigenvalue weighted by molar-refractivity contribution is -0.576. The maximum absolute atomic E-state index is 12.7. The first-order valence-electron chi connectivity index (χ1n) is 13.7. The van der Waals surface area contributed by atoms with E-state index in [9.17, 15) is 14.4 Å². The van der Waals surface area contributed by atoms with Gasteiger partial charge in [-0.25, -0.2) is 9.78 Å². The number of rotatable bonds is 8. The van der Waals surface area contributed by atoms with Gasteiger partial charge in [-0.3, -0.25) is 14.4 Å². The molecule has 6 fully saturated rings. The normalized spacial score (nSPS) is 41.5. The van der Waals surface area contributed by atoms with E-state index in [-0.39, 0.29) is 42.4 Å². The van der Waals surface area contributed by atoms with Crippen molar-refractivity contribution in [1.29, 1.82) is 0 Å². The zero-order valence-corrected chi connectivity index (χ0v) is 21.7. The topological polar surface area (TPSA) is 113 Å². The first-order chi connectivity index (χ1) is 17.2. The number of ether oxygens (including phenoxy) is 3. The summed E-state index contributed by atoms with van der Waals surface area (Å²) in [6.45, 7) is 8.07. The molecule has 5 aliphatic heterocycles. The second-order valence-corrected chi connectivity index (χ2v) is 11.5. The third-order valence-corrected chi connectivity index (χ3v) is 9.00. The molecule has 0 unspecified atom stereocenters. The fraction of sp³-hybridized carbons (Fsp3) is 0.885. The predicted molar refractivity (Wildman–Crippen MR) is 126 cm³/mol. The lowest BCUT2D eigenvalue weighted by Gasteiger charge is -2.59. The lowest BCUT2D eigenvalue weighted by atomic mass is 9.58. The Labute approximate surface area is 212 Å². The van der Waals surface area contributed by atoms with Gasteiger partial charge >= 0.3 is 5.97 Å². The van der Waals surface area contributed by atoms with Gasteiger partial charge in [-0.1, -0.05) is 13.8 Å². The van der Waals surface area contributed by atoms with E-state index in [0.717, 1.165) is 38.6 Å². The molecule has 10 nitrogen and oxygen atoms in total. The maximum Gasteiger partial charge on any atom is 0.308 e. The van der Waals surface area contributed by atoms with Crippen LogP contribution in [0.3, 0.4) is 0 Å². The fourth-order valence-electron chi connectivity index (χ4n) is 6.94. The molecule has 1 N–H and O–H groups in total. The number of amides is 2. The molecule has 1 aliphatic carbocycles. The number of hydrogen-bond donors (Lipinski definition) is 1. The molecule has 5 heterocycles. The molecule has 2 bridgehead atoms. The summed E-state index contributed by atoms with van der Waals surface area (Å²) in [5.41, 5.74) is -0.699. The van der Waals surface area contributed by atoms with E-state index in [0.29, 0.717) is 31.8 Å². The zero-order valence-electron chi connectivity index (χ0n) is 21.7. The molecular weight excluding hydrogens is 468 g/mol. The Kier molecular flexibility index (Phi) is 7.33. The van der Waals surface area contributed by atoms with Crippen molar-refractivity contribution in [2.24, 2.45) is 23.7 Å². The number of carbonyl (C=O) groups is 3. The van der Waals surface area contributed by atoms with Crippen LogP contribution < -0.4 is 5.32 Å². The van der Waals surface area contributed by atoms with Crippen molar-refractivity contribution in [3.8, 4) is 0 Å². The van der Waals surface area contributed by atoms with Gasteiger partial charge in [0.2, 0.25) is 23.9 Å². The molecule has 1 saturated carbocycles. The number of likely N-dealkylation sites (tertiary alicyclic amines) is 1. The molecule has 6 aliphatic rings. The summed E-state index contributed by atoms with van der Waals surface area (Å²) < 4.78 is 18.3. The minimum Gasteiger partial charge on any atom is -0.435 e. The standard InChI is InChI=1S/C26H40N2O8/c1-16-7-8-19-17(2)23(33-24-26(19)18(16)11-12-25(3,34-24)35-36-26)32-22(31)10-9-20(29)27-13-5-15-28-14-4-6-21(28)30/h16-19,23-24H,4-15H2,1-3H3,(H,27,29)/t16-,17-,18-,19-,23-,24-,25-,26-/m1/s1. The number of esters is 1. The highest BCUT2D eigenvalue weighted by Crippen LogP contribution is 2.60. The Morgan fingerprint density at radius 1 is 1.14 bits per heavy atom. The van der Waals surface area contributed by atoms with E-state index < -0.39 is 29.9 Å². The molecule has 8 atom stereocenters. The Morgan fingerprint density at radius 3 is 2.75 bits per heavy atom. The van der Waals surface area contributed by atoms with Gasteiger partial charge in [-0.15, -0.1) is 0 Å². The van der Waals surface area contributed by atoms with Crippen molar-refractivity contribution in [3.05, 3.63) is 0 Å². The summed E-state index contributed by atoms with van der Waals surface area (Å²) in [6.07, 6.45) is 4.46. The van der Waals surface area contributed by atoms with Crippen LogP contribution in [0.5, 0.6) is 0 Å². The average molecular weight is 509 g/mol. The van der Waals surface area contributed by atoms with Crippen LogP contribution in [0.1, 0.15) is 78.6 Å². The summed E-state index contributed by atoms with van der Waals surface area (Å²) in [5, 5.41) is 2.82. The van der Waals surface area contributed by atoms with Crippen molar-refractivity contribution in [2.75, 3.05) is 19.6 Å². The van der Waals surface area contributed by atoms with Crippen LogP contribution in [0.4, 0.5) is 0 Å². The van der Waals surface area contributed by atoms with Crippen molar-refractivity contribution < 1.29 is 38.4 Å². The summed E-state index contributed by atoms with van der Waals surface area (Å²) >= 11 is 0. The average Bonchev–Trinajstić information content (AvgIpc) is 3.12.